The highest BCUT2D eigenvalue weighted by atomic mass is 35.5. The molecule has 8 nitrogen and oxygen atoms in total. The Balaban J connectivity index is 1.35. The highest BCUT2D eigenvalue weighted by Crippen LogP contribution is 2.32. The molecule has 1 saturated heterocycles. The summed E-state index contributed by atoms with van der Waals surface area (Å²) in [5, 5.41) is 6.10. The number of fused-ring (bicyclic) bond motifs is 4. The Morgan fingerprint density at radius 1 is 0.938 bits per heavy atom. The molecular weight excluding hydrogens is 448 g/mol. The van der Waals surface area contributed by atoms with Gasteiger partial charge in [0.05, 0.1) is 11.2 Å². The van der Waals surface area contributed by atoms with Gasteiger partial charge in [0.1, 0.15) is 15.7 Å². The van der Waals surface area contributed by atoms with E-state index < -0.39 is 10.0 Å². The SMILES string of the molecule is Cc1nn2c(nc(N3CCN(C4=NS(=O)(=O)c5ccccc54)CC3)c3ccccc32)c1Cl. The van der Waals surface area contributed by atoms with Gasteiger partial charge in [-0.1, -0.05) is 35.9 Å². The normalized spacial score (nSPS) is 17.8. The van der Waals surface area contributed by atoms with Crippen LogP contribution in [-0.4, -0.2) is 59.9 Å². The zero-order valence-corrected chi connectivity index (χ0v) is 18.8. The Labute approximate surface area is 189 Å². The van der Waals surface area contributed by atoms with E-state index in [9.17, 15) is 8.42 Å². The third kappa shape index (κ3) is 2.81. The Morgan fingerprint density at radius 3 is 2.44 bits per heavy atom. The Morgan fingerprint density at radius 2 is 1.62 bits per heavy atom. The maximum atomic E-state index is 12.4. The summed E-state index contributed by atoms with van der Waals surface area (Å²) in [5.74, 6) is 1.39. The van der Waals surface area contributed by atoms with Crippen LogP contribution in [0.1, 0.15) is 11.3 Å². The highest BCUT2D eigenvalue weighted by Gasteiger charge is 2.33. The molecule has 2 aliphatic rings. The number of halogens is 1. The third-order valence-electron chi connectivity index (χ3n) is 6.04. The van der Waals surface area contributed by atoms with Crippen LogP contribution in [0.4, 0.5) is 5.82 Å². The van der Waals surface area contributed by atoms with E-state index in [0.717, 1.165) is 22.4 Å². The molecule has 2 aliphatic heterocycles. The molecule has 0 radical (unpaired) electrons. The summed E-state index contributed by atoms with van der Waals surface area (Å²) in [6, 6.07) is 15.0. The first-order chi connectivity index (χ1) is 15.4. The Hall–Kier alpha value is -3.17. The molecule has 2 aromatic heterocycles. The summed E-state index contributed by atoms with van der Waals surface area (Å²) in [4.78, 5) is 9.41. The first kappa shape index (κ1) is 19.5. The topological polar surface area (TPSA) is 83.2 Å². The summed E-state index contributed by atoms with van der Waals surface area (Å²) in [7, 11) is -3.63. The lowest BCUT2D eigenvalue weighted by Crippen LogP contribution is -2.49. The van der Waals surface area contributed by atoms with Gasteiger partial charge in [-0.2, -0.15) is 13.5 Å². The van der Waals surface area contributed by atoms with Crippen LogP contribution in [0.25, 0.3) is 16.6 Å². The van der Waals surface area contributed by atoms with Gasteiger partial charge in [0, 0.05) is 37.1 Å². The largest absolute Gasteiger partial charge is 0.352 e. The molecule has 10 heteroatoms. The molecule has 4 heterocycles. The fraction of sp³-hybridized carbons (Fsp3) is 0.227. The lowest BCUT2D eigenvalue weighted by atomic mass is 10.1. The number of hydrogen-bond acceptors (Lipinski definition) is 6. The molecule has 2 aromatic carbocycles. The van der Waals surface area contributed by atoms with Crippen molar-refractivity contribution in [1.29, 1.82) is 0 Å². The van der Waals surface area contributed by atoms with Gasteiger partial charge in [0.2, 0.25) is 0 Å². The maximum absolute atomic E-state index is 12.4. The monoisotopic (exact) mass is 466 g/mol. The van der Waals surface area contributed by atoms with Gasteiger partial charge < -0.3 is 9.80 Å². The minimum absolute atomic E-state index is 0.279. The van der Waals surface area contributed by atoms with Gasteiger partial charge in [-0.25, -0.2) is 9.50 Å². The maximum Gasteiger partial charge on any atom is 0.285 e. The van der Waals surface area contributed by atoms with Gasteiger partial charge in [-0.3, -0.25) is 0 Å². The van der Waals surface area contributed by atoms with Crippen LogP contribution in [0.15, 0.2) is 57.8 Å². The van der Waals surface area contributed by atoms with Gasteiger partial charge in [0.15, 0.2) is 11.5 Å². The van der Waals surface area contributed by atoms with E-state index in [-0.39, 0.29) is 4.90 Å². The number of nitrogens with zero attached hydrogens (tertiary/aromatic N) is 6. The molecule has 0 atom stereocenters. The van der Waals surface area contributed by atoms with E-state index in [1.807, 2.05) is 48.2 Å². The van der Waals surface area contributed by atoms with Gasteiger partial charge in [-0.05, 0) is 31.2 Å². The minimum Gasteiger partial charge on any atom is -0.352 e. The smallest absolute Gasteiger partial charge is 0.285 e. The molecule has 0 aliphatic carbocycles. The highest BCUT2D eigenvalue weighted by molar-refractivity contribution is 7.90. The molecule has 0 bridgehead atoms. The van der Waals surface area contributed by atoms with E-state index >= 15 is 0 Å². The Kier molecular flexibility index (Phi) is 4.22. The van der Waals surface area contributed by atoms with Crippen molar-refractivity contribution in [2.45, 2.75) is 11.8 Å². The van der Waals surface area contributed by atoms with E-state index in [1.54, 1.807) is 16.6 Å². The molecule has 6 rings (SSSR count). The number of sulfonamides is 1. The number of aryl methyl sites for hydroxylation is 1. The molecule has 162 valence electrons. The molecule has 0 saturated carbocycles. The molecule has 0 amide bonds. The molecule has 0 spiro atoms. The van der Waals surface area contributed by atoms with Crippen molar-refractivity contribution in [2.75, 3.05) is 31.1 Å². The van der Waals surface area contributed by atoms with Crippen molar-refractivity contribution in [1.82, 2.24) is 19.5 Å². The summed E-state index contributed by atoms with van der Waals surface area (Å²) in [6.07, 6.45) is 0. The first-order valence-electron chi connectivity index (χ1n) is 10.3. The number of aromatic nitrogens is 3. The predicted molar refractivity (Wildman–Crippen MR) is 124 cm³/mol. The van der Waals surface area contributed by atoms with Crippen LogP contribution < -0.4 is 4.90 Å². The Bertz CT molecular complexity index is 1540. The lowest BCUT2D eigenvalue weighted by Gasteiger charge is -2.36. The number of rotatable bonds is 1. The van der Waals surface area contributed by atoms with Crippen LogP contribution in [0.3, 0.4) is 0 Å². The summed E-state index contributed by atoms with van der Waals surface area (Å²) in [6.45, 7) is 4.50. The van der Waals surface area contributed by atoms with Gasteiger partial charge >= 0.3 is 0 Å². The van der Waals surface area contributed by atoms with Crippen LogP contribution >= 0.6 is 11.6 Å². The van der Waals surface area contributed by atoms with E-state index in [0.29, 0.717) is 48.2 Å². The third-order valence-corrected chi connectivity index (χ3v) is 7.81. The number of benzene rings is 2. The number of para-hydroxylation sites is 1. The molecule has 1 fully saturated rings. The fourth-order valence-electron chi connectivity index (χ4n) is 4.46. The van der Waals surface area contributed by atoms with Crippen molar-refractivity contribution in [2.24, 2.45) is 4.40 Å². The van der Waals surface area contributed by atoms with Crippen LogP contribution in [0, 0.1) is 6.92 Å². The van der Waals surface area contributed by atoms with Crippen molar-refractivity contribution < 1.29 is 8.42 Å². The zero-order chi connectivity index (χ0) is 22.0. The molecule has 4 aromatic rings. The fourth-order valence-corrected chi connectivity index (χ4v) is 5.84. The van der Waals surface area contributed by atoms with E-state index in [2.05, 4.69) is 14.4 Å². The molecule has 0 N–H and O–H groups in total. The standard InChI is InChI=1S/C22H19ClN6O2S/c1-14-19(23)22-24-20(15-6-2-4-8-17(15)29(22)25-14)27-10-12-28(13-11-27)21-16-7-3-5-9-18(16)32(30,31)26-21/h2-9H,10-13H2,1H3. The molecular formula is C22H19ClN6O2S. The second kappa shape index (κ2) is 6.91. The van der Waals surface area contributed by atoms with E-state index in [4.69, 9.17) is 16.6 Å². The number of anilines is 1. The number of piperazine rings is 1. The average Bonchev–Trinajstić information content (AvgIpc) is 3.26. The van der Waals surface area contributed by atoms with Crippen molar-refractivity contribution >= 4 is 49.8 Å². The second-order valence-electron chi connectivity index (χ2n) is 7.95. The van der Waals surface area contributed by atoms with Gasteiger partial charge in [0.25, 0.3) is 10.0 Å². The average molecular weight is 467 g/mol. The summed E-state index contributed by atoms with van der Waals surface area (Å²) in [5.41, 5.74) is 3.00. The summed E-state index contributed by atoms with van der Waals surface area (Å²) < 4.78 is 30.7. The lowest BCUT2D eigenvalue weighted by molar-refractivity contribution is 0.386. The number of amidine groups is 1. The van der Waals surface area contributed by atoms with Crippen molar-refractivity contribution in [3.8, 4) is 0 Å². The van der Waals surface area contributed by atoms with Crippen molar-refractivity contribution in [3.05, 3.63) is 64.8 Å². The predicted octanol–water partition coefficient (Wildman–Crippen LogP) is 3.12. The second-order valence-corrected chi connectivity index (χ2v) is 9.90. The van der Waals surface area contributed by atoms with Crippen LogP contribution in [0.2, 0.25) is 5.02 Å². The zero-order valence-electron chi connectivity index (χ0n) is 17.2. The van der Waals surface area contributed by atoms with Crippen molar-refractivity contribution in [3.63, 3.8) is 0 Å². The molecule has 0 unspecified atom stereocenters. The quantitative estimate of drug-likeness (QED) is 0.428. The van der Waals surface area contributed by atoms with Crippen LogP contribution in [0.5, 0.6) is 0 Å². The minimum atomic E-state index is -3.63. The molecule has 32 heavy (non-hydrogen) atoms. The van der Waals surface area contributed by atoms with Crippen LogP contribution in [-0.2, 0) is 10.0 Å². The van der Waals surface area contributed by atoms with Gasteiger partial charge in [-0.15, -0.1) is 4.40 Å². The number of hydrogen-bond donors (Lipinski definition) is 0. The summed E-state index contributed by atoms with van der Waals surface area (Å²) >= 11 is 6.49. The first-order valence-corrected chi connectivity index (χ1v) is 12.1. The van der Waals surface area contributed by atoms with E-state index in [1.165, 1.54) is 0 Å².